The average Bonchev–Trinajstić information content (AvgIpc) is 2.44. The summed E-state index contributed by atoms with van der Waals surface area (Å²) in [5, 5.41) is 8.97. The Balaban J connectivity index is 1.63. The van der Waals surface area contributed by atoms with Crippen LogP contribution in [0.2, 0.25) is 0 Å². The number of nitrogens with zero attached hydrogens (tertiary/aromatic N) is 1. The Bertz CT molecular complexity index is 713. The summed E-state index contributed by atoms with van der Waals surface area (Å²) in [7, 11) is -3.56. The molecule has 0 amide bonds. The van der Waals surface area contributed by atoms with Crippen molar-refractivity contribution in [2.45, 2.75) is 49.0 Å². The Labute approximate surface area is 131 Å². The largest absolute Gasteiger partial charge is 0.241 e. The number of rotatable bonds is 3. The maximum absolute atomic E-state index is 12.8. The molecule has 4 aliphatic rings. The van der Waals surface area contributed by atoms with Gasteiger partial charge in [0.25, 0.3) is 0 Å². The molecule has 116 valence electrons. The molecule has 5 heteroatoms. The Morgan fingerprint density at radius 2 is 1.68 bits per heavy atom. The molecule has 4 aliphatic carbocycles. The van der Waals surface area contributed by atoms with Crippen LogP contribution >= 0.6 is 0 Å². The molecule has 0 saturated heterocycles. The first kappa shape index (κ1) is 14.2. The highest BCUT2D eigenvalue weighted by Crippen LogP contribution is 2.55. The maximum atomic E-state index is 12.8. The molecule has 0 aliphatic heterocycles. The third-order valence-electron chi connectivity index (χ3n) is 5.66. The van der Waals surface area contributed by atoms with Gasteiger partial charge < -0.3 is 0 Å². The van der Waals surface area contributed by atoms with Gasteiger partial charge in [-0.1, -0.05) is 6.07 Å². The zero-order chi connectivity index (χ0) is 15.4. The van der Waals surface area contributed by atoms with Crippen molar-refractivity contribution < 1.29 is 8.42 Å². The fourth-order valence-electron chi connectivity index (χ4n) is 5.31. The first-order valence-corrected chi connectivity index (χ1v) is 9.50. The van der Waals surface area contributed by atoms with E-state index >= 15 is 0 Å². The molecular formula is C17H20N2O2S. The highest BCUT2D eigenvalue weighted by atomic mass is 32.2. The number of hydrogen-bond donors (Lipinski definition) is 1. The molecule has 0 radical (unpaired) electrons. The summed E-state index contributed by atoms with van der Waals surface area (Å²) in [6.07, 6.45) is 6.79. The molecule has 4 fully saturated rings. The van der Waals surface area contributed by atoms with Gasteiger partial charge in [0.2, 0.25) is 10.0 Å². The summed E-state index contributed by atoms with van der Waals surface area (Å²) < 4.78 is 28.6. The van der Waals surface area contributed by atoms with Crippen LogP contribution in [0.15, 0.2) is 29.2 Å². The Kier molecular flexibility index (Phi) is 3.11. The van der Waals surface area contributed by atoms with Gasteiger partial charge in [-0.15, -0.1) is 0 Å². The molecule has 0 aromatic heterocycles. The predicted octanol–water partition coefficient (Wildman–Crippen LogP) is 2.81. The third kappa shape index (κ3) is 2.35. The van der Waals surface area contributed by atoms with Crippen LogP contribution in [0.5, 0.6) is 0 Å². The maximum Gasteiger partial charge on any atom is 0.241 e. The van der Waals surface area contributed by atoms with E-state index in [9.17, 15) is 8.42 Å². The summed E-state index contributed by atoms with van der Waals surface area (Å²) in [5.74, 6) is 2.08. The SMILES string of the molecule is N#Cc1cccc(S(=O)(=O)NC23CC4CC(CC(C4)C2)C3)c1. The zero-order valence-corrected chi connectivity index (χ0v) is 13.3. The third-order valence-corrected chi connectivity index (χ3v) is 7.24. The van der Waals surface area contributed by atoms with Crippen LogP contribution in [-0.4, -0.2) is 14.0 Å². The van der Waals surface area contributed by atoms with E-state index in [0.717, 1.165) is 19.3 Å². The topological polar surface area (TPSA) is 70.0 Å². The molecule has 4 saturated carbocycles. The van der Waals surface area contributed by atoms with Gasteiger partial charge in [0.1, 0.15) is 0 Å². The molecule has 0 unspecified atom stereocenters. The molecule has 1 aromatic carbocycles. The fourth-order valence-corrected chi connectivity index (χ4v) is 6.79. The molecule has 1 aromatic rings. The van der Waals surface area contributed by atoms with Crippen LogP contribution < -0.4 is 4.72 Å². The first-order chi connectivity index (χ1) is 10.5. The molecule has 0 heterocycles. The van der Waals surface area contributed by atoms with E-state index in [2.05, 4.69) is 4.72 Å². The van der Waals surface area contributed by atoms with Crippen molar-refractivity contribution in [2.24, 2.45) is 17.8 Å². The summed E-state index contributed by atoms with van der Waals surface area (Å²) in [6.45, 7) is 0. The highest BCUT2D eigenvalue weighted by Gasteiger charge is 2.52. The van der Waals surface area contributed by atoms with Gasteiger partial charge in [-0.25, -0.2) is 13.1 Å². The predicted molar refractivity (Wildman–Crippen MR) is 82.4 cm³/mol. The average molecular weight is 316 g/mol. The van der Waals surface area contributed by atoms with Gasteiger partial charge in [0.05, 0.1) is 16.5 Å². The Morgan fingerprint density at radius 1 is 1.09 bits per heavy atom. The molecule has 1 N–H and O–H groups in total. The van der Waals surface area contributed by atoms with Crippen molar-refractivity contribution in [1.29, 1.82) is 5.26 Å². The molecule has 5 rings (SSSR count). The normalized spacial score (nSPS) is 36.2. The molecule has 0 atom stereocenters. The van der Waals surface area contributed by atoms with Gasteiger partial charge in [-0.2, -0.15) is 5.26 Å². The van der Waals surface area contributed by atoms with Crippen LogP contribution in [0.4, 0.5) is 0 Å². The van der Waals surface area contributed by atoms with Crippen molar-refractivity contribution >= 4 is 10.0 Å². The number of sulfonamides is 1. The van der Waals surface area contributed by atoms with Gasteiger partial charge in [-0.05, 0) is 74.5 Å². The lowest BCUT2D eigenvalue weighted by Crippen LogP contribution is -2.59. The van der Waals surface area contributed by atoms with Gasteiger partial charge in [0.15, 0.2) is 0 Å². The monoisotopic (exact) mass is 316 g/mol. The molecule has 4 bridgehead atoms. The quantitative estimate of drug-likeness (QED) is 0.932. The number of nitrogens with one attached hydrogen (secondary N) is 1. The summed E-state index contributed by atoms with van der Waals surface area (Å²) in [5.41, 5.74) is 0.143. The lowest BCUT2D eigenvalue weighted by molar-refractivity contribution is -0.00810. The van der Waals surface area contributed by atoms with Crippen LogP contribution in [0.25, 0.3) is 0 Å². The number of hydrogen-bond acceptors (Lipinski definition) is 3. The second-order valence-electron chi connectivity index (χ2n) is 7.44. The number of benzene rings is 1. The van der Waals surface area contributed by atoms with Crippen molar-refractivity contribution in [2.75, 3.05) is 0 Å². The van der Waals surface area contributed by atoms with Crippen LogP contribution in [0.1, 0.15) is 44.1 Å². The molecule has 0 spiro atoms. The van der Waals surface area contributed by atoms with Crippen molar-refractivity contribution in [3.8, 4) is 6.07 Å². The Morgan fingerprint density at radius 3 is 2.23 bits per heavy atom. The number of nitriles is 1. The lowest BCUT2D eigenvalue weighted by atomic mass is 9.53. The van der Waals surface area contributed by atoms with E-state index in [1.807, 2.05) is 6.07 Å². The van der Waals surface area contributed by atoms with Crippen LogP contribution in [-0.2, 0) is 10.0 Å². The summed E-state index contributed by atoms with van der Waals surface area (Å²) >= 11 is 0. The van der Waals surface area contributed by atoms with Crippen molar-refractivity contribution in [3.05, 3.63) is 29.8 Å². The smallest absolute Gasteiger partial charge is 0.207 e. The van der Waals surface area contributed by atoms with E-state index in [-0.39, 0.29) is 10.4 Å². The second kappa shape index (κ2) is 4.81. The molecular weight excluding hydrogens is 296 g/mol. The van der Waals surface area contributed by atoms with E-state index in [4.69, 9.17) is 5.26 Å². The van der Waals surface area contributed by atoms with E-state index in [1.54, 1.807) is 18.2 Å². The summed E-state index contributed by atoms with van der Waals surface area (Å²) in [4.78, 5) is 0.210. The van der Waals surface area contributed by atoms with Crippen LogP contribution in [0, 0.1) is 29.1 Å². The Hall–Kier alpha value is -1.38. The van der Waals surface area contributed by atoms with E-state index in [1.165, 1.54) is 25.3 Å². The first-order valence-electron chi connectivity index (χ1n) is 8.02. The minimum absolute atomic E-state index is 0.210. The standard InChI is InChI=1S/C17H20N2O2S/c18-11-12-2-1-3-16(7-12)22(20,21)19-17-8-13-4-14(9-17)6-15(5-13)10-17/h1-3,7,13-15,19H,4-6,8-10H2. The summed E-state index contributed by atoms with van der Waals surface area (Å²) in [6, 6.07) is 8.30. The highest BCUT2D eigenvalue weighted by molar-refractivity contribution is 7.89. The van der Waals surface area contributed by atoms with Gasteiger partial charge >= 0.3 is 0 Å². The van der Waals surface area contributed by atoms with E-state index in [0.29, 0.717) is 23.3 Å². The minimum Gasteiger partial charge on any atom is -0.207 e. The van der Waals surface area contributed by atoms with Crippen molar-refractivity contribution in [3.63, 3.8) is 0 Å². The zero-order valence-electron chi connectivity index (χ0n) is 12.5. The van der Waals surface area contributed by atoms with Crippen LogP contribution in [0.3, 0.4) is 0 Å². The van der Waals surface area contributed by atoms with Crippen molar-refractivity contribution in [1.82, 2.24) is 4.72 Å². The second-order valence-corrected chi connectivity index (χ2v) is 9.13. The molecule has 22 heavy (non-hydrogen) atoms. The van der Waals surface area contributed by atoms with Gasteiger partial charge in [0, 0.05) is 5.54 Å². The lowest BCUT2D eigenvalue weighted by Gasteiger charge is -2.56. The van der Waals surface area contributed by atoms with E-state index < -0.39 is 10.0 Å². The molecule has 4 nitrogen and oxygen atoms in total. The minimum atomic E-state index is -3.56. The fraction of sp³-hybridized carbons (Fsp3) is 0.588. The van der Waals surface area contributed by atoms with Gasteiger partial charge in [-0.3, -0.25) is 0 Å².